The minimum absolute atomic E-state index is 0.618. The van der Waals surface area contributed by atoms with Crippen LogP contribution >= 0.6 is 0 Å². The topological polar surface area (TPSA) is 38.7 Å². The van der Waals surface area contributed by atoms with Crippen molar-refractivity contribution in [1.82, 2.24) is 15.0 Å². The Kier molecular flexibility index (Phi) is 8.83. The van der Waals surface area contributed by atoms with Gasteiger partial charge in [-0.15, -0.1) is 0 Å². The molecule has 0 aliphatic rings. The minimum Gasteiger partial charge on any atom is -0.208 e. The lowest BCUT2D eigenvalue weighted by molar-refractivity contribution is 1.07. The molecule has 11 aromatic rings. The first kappa shape index (κ1) is 35.2. The lowest BCUT2D eigenvalue weighted by Gasteiger charge is -2.15. The lowest BCUT2D eigenvalue weighted by atomic mass is 9.89. The van der Waals surface area contributed by atoms with Crippen molar-refractivity contribution in [2.24, 2.45) is 0 Å². The second-order valence-electron chi connectivity index (χ2n) is 15.2. The summed E-state index contributed by atoms with van der Waals surface area (Å²) >= 11 is 0. The van der Waals surface area contributed by atoms with Gasteiger partial charge < -0.3 is 0 Å². The fourth-order valence-electron chi connectivity index (χ4n) is 8.59. The summed E-state index contributed by atoms with van der Waals surface area (Å²) in [6.07, 6.45) is 0. The Hall–Kier alpha value is -8.01. The molecule has 3 nitrogen and oxygen atoms in total. The summed E-state index contributed by atoms with van der Waals surface area (Å²) < 4.78 is 0. The fourth-order valence-corrected chi connectivity index (χ4v) is 8.59. The lowest BCUT2D eigenvalue weighted by Crippen LogP contribution is -2.01. The predicted molar refractivity (Wildman–Crippen MR) is 250 cm³/mol. The number of benzene rings is 10. The van der Waals surface area contributed by atoms with Crippen molar-refractivity contribution in [1.29, 1.82) is 0 Å². The van der Waals surface area contributed by atoms with Crippen LogP contribution in [0.15, 0.2) is 224 Å². The van der Waals surface area contributed by atoms with E-state index >= 15 is 0 Å². The van der Waals surface area contributed by atoms with Gasteiger partial charge in [-0.25, -0.2) is 15.0 Å². The molecule has 0 spiro atoms. The normalized spacial score (nSPS) is 11.3. The number of hydrogen-bond acceptors (Lipinski definition) is 3. The third-order valence-corrected chi connectivity index (χ3v) is 11.5. The van der Waals surface area contributed by atoms with E-state index in [1.54, 1.807) is 0 Å². The second kappa shape index (κ2) is 15.1. The molecule has 0 N–H and O–H groups in total. The van der Waals surface area contributed by atoms with Crippen LogP contribution in [0, 0.1) is 0 Å². The highest BCUT2D eigenvalue weighted by molar-refractivity contribution is 6.20. The maximum absolute atomic E-state index is 5.24. The third-order valence-electron chi connectivity index (χ3n) is 11.5. The zero-order valence-corrected chi connectivity index (χ0v) is 32.7. The maximum atomic E-state index is 5.24. The molecule has 3 heteroatoms. The van der Waals surface area contributed by atoms with Crippen molar-refractivity contribution in [2.75, 3.05) is 0 Å². The van der Waals surface area contributed by atoms with Crippen LogP contribution in [0.2, 0.25) is 0 Å². The van der Waals surface area contributed by atoms with E-state index in [2.05, 4.69) is 212 Å². The molecule has 1 heterocycles. The summed E-state index contributed by atoms with van der Waals surface area (Å²) in [6, 6.07) is 79.5. The summed E-state index contributed by atoms with van der Waals surface area (Å²) in [4.78, 5) is 15.6. The number of aromatic nitrogens is 3. The molecule has 0 amide bonds. The monoisotopic (exact) mass is 763 g/mol. The summed E-state index contributed by atoms with van der Waals surface area (Å²) in [6.45, 7) is 0. The molecule has 0 unspecified atom stereocenters. The largest absolute Gasteiger partial charge is 0.208 e. The minimum atomic E-state index is 0.618. The molecule has 1 aromatic heterocycles. The standard InChI is InChI=1S/C57H37N3/c1-3-16-38(17-4-1)41-22-14-26-46(35-41)55-58-56(60-57(59-55)52-31-12-11-28-48(52)39-18-5-2-6-19-39)47-27-15-24-43(36-47)42-23-13-25-45(34-42)54-50-30-10-8-21-44(50)37-53-49-29-9-7-20-40(49)32-33-51(53)54/h1-37H. The van der Waals surface area contributed by atoms with Crippen LogP contribution in [0.3, 0.4) is 0 Å². The van der Waals surface area contributed by atoms with Crippen LogP contribution in [0.1, 0.15) is 0 Å². The van der Waals surface area contributed by atoms with Crippen LogP contribution in [-0.4, -0.2) is 15.0 Å². The van der Waals surface area contributed by atoms with Crippen LogP contribution in [0.25, 0.3) is 111 Å². The van der Waals surface area contributed by atoms with E-state index in [-0.39, 0.29) is 0 Å². The van der Waals surface area contributed by atoms with Gasteiger partial charge in [-0.05, 0) is 101 Å². The number of fused-ring (bicyclic) bond motifs is 4. The van der Waals surface area contributed by atoms with E-state index in [4.69, 9.17) is 15.0 Å². The van der Waals surface area contributed by atoms with E-state index < -0.39 is 0 Å². The van der Waals surface area contributed by atoms with Crippen LogP contribution in [-0.2, 0) is 0 Å². The molecule has 11 rings (SSSR count). The highest BCUT2D eigenvalue weighted by Gasteiger charge is 2.18. The van der Waals surface area contributed by atoms with Gasteiger partial charge in [0.1, 0.15) is 0 Å². The van der Waals surface area contributed by atoms with Gasteiger partial charge >= 0.3 is 0 Å². The zero-order valence-electron chi connectivity index (χ0n) is 32.7. The van der Waals surface area contributed by atoms with Crippen LogP contribution < -0.4 is 0 Å². The number of rotatable bonds is 7. The average molecular weight is 764 g/mol. The molecule has 0 saturated carbocycles. The first-order chi connectivity index (χ1) is 29.7. The highest BCUT2D eigenvalue weighted by atomic mass is 15.0. The molecular formula is C57H37N3. The van der Waals surface area contributed by atoms with Crippen molar-refractivity contribution >= 4 is 32.3 Å². The smallest absolute Gasteiger partial charge is 0.164 e. The first-order valence-electron chi connectivity index (χ1n) is 20.3. The Morgan fingerprint density at radius 2 is 0.683 bits per heavy atom. The molecule has 0 aliphatic carbocycles. The summed E-state index contributed by atoms with van der Waals surface area (Å²) in [5.41, 5.74) is 11.8. The number of hydrogen-bond donors (Lipinski definition) is 0. The highest BCUT2D eigenvalue weighted by Crippen LogP contribution is 2.41. The SMILES string of the molecule is c1ccc(-c2cccc(-c3nc(-c4cccc(-c5cccc(-c6c7ccccc7cc7c6ccc6ccccc67)c5)c4)nc(-c4ccccc4-c4ccccc4)n3)c2)cc1. The van der Waals surface area contributed by atoms with Crippen molar-refractivity contribution < 1.29 is 0 Å². The van der Waals surface area contributed by atoms with Gasteiger partial charge in [0.15, 0.2) is 17.5 Å². The van der Waals surface area contributed by atoms with E-state index in [1.807, 2.05) is 12.1 Å². The Morgan fingerprint density at radius 1 is 0.217 bits per heavy atom. The molecule has 0 radical (unpaired) electrons. The summed E-state index contributed by atoms with van der Waals surface area (Å²) in [5.74, 6) is 1.87. The maximum Gasteiger partial charge on any atom is 0.164 e. The van der Waals surface area contributed by atoms with Crippen molar-refractivity contribution in [3.8, 4) is 78.7 Å². The van der Waals surface area contributed by atoms with E-state index in [9.17, 15) is 0 Å². The van der Waals surface area contributed by atoms with Gasteiger partial charge in [-0.2, -0.15) is 0 Å². The van der Waals surface area contributed by atoms with Gasteiger partial charge in [-0.3, -0.25) is 0 Å². The van der Waals surface area contributed by atoms with Gasteiger partial charge in [0.05, 0.1) is 0 Å². The van der Waals surface area contributed by atoms with E-state index in [1.165, 1.54) is 43.4 Å². The molecule has 0 atom stereocenters. The fraction of sp³-hybridized carbons (Fsp3) is 0. The van der Waals surface area contributed by atoms with E-state index in [0.717, 1.165) is 50.1 Å². The third kappa shape index (κ3) is 6.49. The molecule has 0 saturated heterocycles. The molecule has 10 aromatic carbocycles. The van der Waals surface area contributed by atoms with Crippen LogP contribution in [0.5, 0.6) is 0 Å². The molecule has 60 heavy (non-hydrogen) atoms. The number of nitrogens with zero attached hydrogens (tertiary/aromatic N) is 3. The Balaban J connectivity index is 1.06. The molecule has 280 valence electrons. The van der Waals surface area contributed by atoms with Gasteiger partial charge in [-0.1, -0.05) is 200 Å². The van der Waals surface area contributed by atoms with Crippen molar-refractivity contribution in [3.63, 3.8) is 0 Å². The van der Waals surface area contributed by atoms with Crippen LogP contribution in [0.4, 0.5) is 0 Å². The summed E-state index contributed by atoms with van der Waals surface area (Å²) in [7, 11) is 0. The average Bonchev–Trinajstić information content (AvgIpc) is 3.33. The van der Waals surface area contributed by atoms with E-state index in [0.29, 0.717) is 17.5 Å². The second-order valence-corrected chi connectivity index (χ2v) is 15.2. The Bertz CT molecular complexity index is 3370. The predicted octanol–water partition coefficient (Wildman–Crippen LogP) is 15.0. The van der Waals surface area contributed by atoms with Gasteiger partial charge in [0.2, 0.25) is 0 Å². The Labute approximate surface area is 349 Å². The van der Waals surface area contributed by atoms with Gasteiger partial charge in [0.25, 0.3) is 0 Å². The van der Waals surface area contributed by atoms with Crippen molar-refractivity contribution in [3.05, 3.63) is 224 Å². The van der Waals surface area contributed by atoms with Crippen molar-refractivity contribution in [2.45, 2.75) is 0 Å². The first-order valence-corrected chi connectivity index (χ1v) is 20.3. The molecular weight excluding hydrogens is 727 g/mol. The molecule has 0 fully saturated rings. The molecule has 0 bridgehead atoms. The Morgan fingerprint density at radius 3 is 1.37 bits per heavy atom. The van der Waals surface area contributed by atoms with Gasteiger partial charge in [0, 0.05) is 16.7 Å². The quantitative estimate of drug-likeness (QED) is 0.120. The zero-order chi connectivity index (χ0) is 39.8. The summed E-state index contributed by atoms with van der Waals surface area (Å²) in [5, 5.41) is 7.49. The molecule has 0 aliphatic heterocycles.